The third-order valence-electron chi connectivity index (χ3n) is 0. The van der Waals surface area contributed by atoms with E-state index in [9.17, 15) is 0 Å². The van der Waals surface area contributed by atoms with Gasteiger partial charge in [-0.05, 0) is 0 Å². The predicted molar refractivity (Wildman–Crippen MR) is 27.1 cm³/mol. The molecular formula is H6FO4PS. The van der Waals surface area contributed by atoms with Crippen molar-refractivity contribution >= 4 is 21.3 Å². The second-order valence-electron chi connectivity index (χ2n) is 0.513. The summed E-state index contributed by atoms with van der Waals surface area (Å²) in [7, 11) is -4.64. The molecule has 0 aromatic heterocycles. The van der Waals surface area contributed by atoms with Crippen LogP contribution in [0.25, 0.3) is 0 Å². The number of hydrogen-bond donors (Lipinski definition) is 3. The Morgan fingerprint density at radius 3 is 1.14 bits per heavy atom. The molecule has 0 saturated carbocycles. The molecule has 0 aliphatic heterocycles. The maximum absolute atomic E-state index is 8.88. The van der Waals surface area contributed by atoms with Gasteiger partial charge in [-0.2, -0.15) is 13.5 Å². The summed E-state index contributed by atoms with van der Waals surface area (Å²) in [6.45, 7) is 0. The Bertz CT molecular complexity index is 57.8. The monoisotopic (exact) mass is 152 g/mol. The molecule has 7 heteroatoms. The highest BCUT2D eigenvalue weighted by atomic mass is 32.1. The molecule has 0 atom stereocenters. The Morgan fingerprint density at radius 1 is 1.14 bits per heavy atom. The minimum absolute atomic E-state index is 0. The largest absolute Gasteiger partial charge is 0.466 e. The minimum atomic E-state index is -4.64. The van der Waals surface area contributed by atoms with Crippen LogP contribution >= 0.6 is 21.3 Å². The fraction of sp³-hybridized carbons (Fsp3) is 0. The van der Waals surface area contributed by atoms with Crippen LogP contribution in [0.4, 0.5) is 4.70 Å². The molecule has 7 heavy (non-hydrogen) atoms. The number of halogens is 1. The van der Waals surface area contributed by atoms with Crippen LogP contribution in [0, 0.1) is 0 Å². The molecule has 0 spiro atoms. The molecule has 4 nitrogen and oxygen atoms in total. The fourth-order valence-corrected chi connectivity index (χ4v) is 0. The van der Waals surface area contributed by atoms with Gasteiger partial charge in [0, 0.05) is 0 Å². The van der Waals surface area contributed by atoms with Crippen LogP contribution < -0.4 is 0 Å². The molecule has 0 unspecified atom stereocenters. The van der Waals surface area contributed by atoms with Crippen LogP contribution in [0.1, 0.15) is 0 Å². The number of hydrogen-bond acceptors (Lipinski definition) is 1. The van der Waals surface area contributed by atoms with E-state index in [4.69, 9.17) is 19.2 Å². The van der Waals surface area contributed by atoms with Crippen LogP contribution in [-0.4, -0.2) is 14.7 Å². The Balaban J connectivity index is -0.0000000800. The summed E-state index contributed by atoms with van der Waals surface area (Å²) in [4.78, 5) is 21.6. The van der Waals surface area contributed by atoms with Crippen LogP contribution in [0.2, 0.25) is 0 Å². The molecule has 0 heterocycles. The highest BCUT2D eigenvalue weighted by Gasteiger charge is 2.00. The maximum atomic E-state index is 8.88. The summed E-state index contributed by atoms with van der Waals surface area (Å²) >= 11 is 0. The van der Waals surface area contributed by atoms with E-state index in [1.807, 2.05) is 0 Å². The Hall–Kier alpha value is 0.390. The van der Waals surface area contributed by atoms with Crippen LogP contribution in [0.5, 0.6) is 0 Å². The van der Waals surface area contributed by atoms with Crippen molar-refractivity contribution in [3.63, 3.8) is 0 Å². The normalized spacial score (nSPS) is 8.43. The van der Waals surface area contributed by atoms with Gasteiger partial charge in [0.15, 0.2) is 0 Å². The first-order valence-electron chi connectivity index (χ1n) is 0.783. The fourth-order valence-electron chi connectivity index (χ4n) is 0. The van der Waals surface area contributed by atoms with E-state index in [0.717, 1.165) is 0 Å². The van der Waals surface area contributed by atoms with E-state index in [1.165, 1.54) is 0 Å². The summed E-state index contributed by atoms with van der Waals surface area (Å²) in [5.41, 5.74) is 0. The van der Waals surface area contributed by atoms with E-state index in [0.29, 0.717) is 0 Å². The summed E-state index contributed by atoms with van der Waals surface area (Å²) in [6.07, 6.45) is 0. The first-order valence-corrected chi connectivity index (χ1v) is 2.35. The van der Waals surface area contributed by atoms with Gasteiger partial charge in [-0.15, -0.1) is 0 Å². The summed E-state index contributed by atoms with van der Waals surface area (Å²) in [5, 5.41) is 0. The molecule has 0 fully saturated rings. The van der Waals surface area contributed by atoms with Gasteiger partial charge in [0.25, 0.3) is 0 Å². The van der Waals surface area contributed by atoms with Crippen molar-refractivity contribution < 1.29 is 23.9 Å². The van der Waals surface area contributed by atoms with Gasteiger partial charge < -0.3 is 14.7 Å². The number of phosphoric acid groups is 1. The van der Waals surface area contributed by atoms with Crippen molar-refractivity contribution in [1.29, 1.82) is 0 Å². The molecule has 48 valence electrons. The Kier molecular flexibility index (Phi) is 10.2. The third kappa shape index (κ3) is 810. The van der Waals surface area contributed by atoms with Crippen molar-refractivity contribution in [3.8, 4) is 0 Å². The van der Waals surface area contributed by atoms with Gasteiger partial charge in [0.05, 0.1) is 0 Å². The molecule has 0 saturated heterocycles. The summed E-state index contributed by atoms with van der Waals surface area (Å²) in [5.74, 6) is 0. The standard InChI is InChI=1S/FH.H3O4P.H2S/c;1-5(2,3)4;/h1H;(H3,1,2,3,4);1H2. The van der Waals surface area contributed by atoms with E-state index in [-0.39, 0.29) is 18.2 Å². The topological polar surface area (TPSA) is 77.8 Å². The summed E-state index contributed by atoms with van der Waals surface area (Å²) < 4.78 is 8.88. The van der Waals surface area contributed by atoms with Gasteiger partial charge in [-0.3, -0.25) is 4.70 Å². The minimum Gasteiger partial charge on any atom is -0.303 e. The molecule has 0 aliphatic carbocycles. The van der Waals surface area contributed by atoms with Crippen LogP contribution in [0.3, 0.4) is 0 Å². The van der Waals surface area contributed by atoms with Crippen LogP contribution in [0.15, 0.2) is 0 Å². The Morgan fingerprint density at radius 2 is 1.14 bits per heavy atom. The second kappa shape index (κ2) is 4.55. The zero-order chi connectivity index (χ0) is 4.50. The van der Waals surface area contributed by atoms with E-state index < -0.39 is 7.82 Å². The molecule has 0 aromatic rings. The summed E-state index contributed by atoms with van der Waals surface area (Å²) in [6, 6.07) is 0. The SMILES string of the molecule is F.O=P(O)(O)O.S. The van der Waals surface area contributed by atoms with Gasteiger partial charge in [0.1, 0.15) is 0 Å². The van der Waals surface area contributed by atoms with Gasteiger partial charge >= 0.3 is 7.82 Å². The predicted octanol–water partition coefficient (Wildman–Crippen LogP) is -0.663. The van der Waals surface area contributed by atoms with Crippen molar-refractivity contribution in [2.24, 2.45) is 0 Å². The molecule has 0 aromatic carbocycles. The molecule has 0 bridgehead atoms. The molecular weight excluding hydrogens is 146 g/mol. The highest BCUT2D eigenvalue weighted by molar-refractivity contribution is 7.59. The highest BCUT2D eigenvalue weighted by Crippen LogP contribution is 2.25. The lowest BCUT2D eigenvalue weighted by molar-refractivity contribution is 0.275. The molecule has 0 rings (SSSR count). The van der Waals surface area contributed by atoms with Gasteiger partial charge in [0.2, 0.25) is 0 Å². The zero-order valence-corrected chi connectivity index (χ0v) is 5.00. The lowest BCUT2D eigenvalue weighted by Gasteiger charge is -1.82. The average Bonchev–Trinajstić information content (AvgIpc) is 0.722. The smallest absolute Gasteiger partial charge is 0.303 e. The molecule has 0 radical (unpaired) electrons. The first kappa shape index (κ1) is 15.7. The lowest BCUT2D eigenvalue weighted by Crippen LogP contribution is -1.66. The molecule has 0 aliphatic rings. The molecule has 3 N–H and O–H groups in total. The van der Waals surface area contributed by atoms with Crippen LogP contribution in [-0.2, 0) is 4.57 Å². The van der Waals surface area contributed by atoms with Crippen molar-refractivity contribution in [2.75, 3.05) is 0 Å². The van der Waals surface area contributed by atoms with E-state index in [1.54, 1.807) is 0 Å². The van der Waals surface area contributed by atoms with Gasteiger partial charge in [-0.25, -0.2) is 4.57 Å². The van der Waals surface area contributed by atoms with Crippen molar-refractivity contribution in [1.82, 2.24) is 0 Å². The average molecular weight is 152 g/mol. The van der Waals surface area contributed by atoms with Crippen molar-refractivity contribution in [3.05, 3.63) is 0 Å². The number of rotatable bonds is 0. The second-order valence-corrected chi connectivity index (χ2v) is 1.54. The first-order chi connectivity index (χ1) is 2.00. The zero-order valence-electron chi connectivity index (χ0n) is 3.11. The quantitative estimate of drug-likeness (QED) is 0.402. The van der Waals surface area contributed by atoms with Gasteiger partial charge in [-0.1, -0.05) is 0 Å². The molecule has 0 amide bonds. The van der Waals surface area contributed by atoms with Crippen molar-refractivity contribution in [2.45, 2.75) is 0 Å². The van der Waals surface area contributed by atoms with E-state index in [2.05, 4.69) is 0 Å². The van der Waals surface area contributed by atoms with E-state index >= 15 is 0 Å². The third-order valence-corrected chi connectivity index (χ3v) is 0. The lowest BCUT2D eigenvalue weighted by atomic mass is 15.8. The Labute approximate surface area is 46.2 Å². The maximum Gasteiger partial charge on any atom is 0.466 e.